The van der Waals surface area contributed by atoms with Gasteiger partial charge in [0.1, 0.15) is 0 Å². The maximum atomic E-state index is 12.1. The van der Waals surface area contributed by atoms with Gasteiger partial charge in [-0.3, -0.25) is 0 Å². The maximum absolute atomic E-state index is 12.1. The number of halogens is 3. The second-order valence-electron chi connectivity index (χ2n) is 2.26. The first-order chi connectivity index (χ1) is 5.54. The van der Waals surface area contributed by atoms with E-state index in [0.29, 0.717) is 5.69 Å². The molecule has 0 unspecified atom stereocenters. The fourth-order valence-corrected chi connectivity index (χ4v) is 0.780. The molecule has 0 amide bonds. The van der Waals surface area contributed by atoms with Gasteiger partial charge in [0.2, 0.25) is 0 Å². The van der Waals surface area contributed by atoms with Crippen molar-refractivity contribution in [3.05, 3.63) is 29.8 Å². The van der Waals surface area contributed by atoms with Crippen LogP contribution in [0.5, 0.6) is 0 Å². The molecule has 12 heavy (non-hydrogen) atoms. The van der Waals surface area contributed by atoms with Crippen molar-refractivity contribution in [2.45, 2.75) is 6.18 Å². The Labute approximate surface area is 68.2 Å². The van der Waals surface area contributed by atoms with Crippen LogP contribution in [0.25, 0.3) is 0 Å². The normalized spacial score (nSPS) is 11.3. The summed E-state index contributed by atoms with van der Waals surface area (Å²) in [5.74, 6) is 0. The van der Waals surface area contributed by atoms with Gasteiger partial charge in [0.05, 0.1) is 5.56 Å². The molecule has 0 spiro atoms. The zero-order valence-corrected chi connectivity index (χ0v) is 6.37. The summed E-state index contributed by atoms with van der Waals surface area (Å²) in [4.78, 5) is 0. The minimum absolute atomic E-state index is 0.407. The highest BCUT2D eigenvalue weighted by Gasteiger charge is 2.30. The monoisotopic (exact) mass is 174 g/mol. The summed E-state index contributed by atoms with van der Waals surface area (Å²) >= 11 is 0. The first-order valence-electron chi connectivity index (χ1n) is 3.30. The van der Waals surface area contributed by atoms with E-state index >= 15 is 0 Å². The van der Waals surface area contributed by atoms with Gasteiger partial charge in [0.25, 0.3) is 0 Å². The summed E-state index contributed by atoms with van der Waals surface area (Å²) in [5, 5.41) is 2.61. The van der Waals surface area contributed by atoms with Crippen molar-refractivity contribution in [2.75, 3.05) is 12.4 Å². The van der Waals surface area contributed by atoms with Crippen molar-refractivity contribution >= 4 is 5.69 Å². The van der Waals surface area contributed by atoms with Crippen LogP contribution in [0.1, 0.15) is 5.56 Å². The molecule has 1 N–H and O–H groups in total. The van der Waals surface area contributed by atoms with Gasteiger partial charge >= 0.3 is 6.18 Å². The fraction of sp³-hybridized carbons (Fsp3) is 0.250. The minimum Gasteiger partial charge on any atom is -0.388 e. The number of benzene rings is 1. The fourth-order valence-electron chi connectivity index (χ4n) is 0.780. The van der Waals surface area contributed by atoms with Crippen LogP contribution >= 0.6 is 0 Å². The zero-order chi connectivity index (χ0) is 9.19. The molecule has 1 aromatic rings. The lowest BCUT2D eigenvalue weighted by Gasteiger charge is -2.07. The molecule has 0 aromatic heterocycles. The zero-order valence-electron chi connectivity index (χ0n) is 6.37. The molecule has 1 rings (SSSR count). The second-order valence-corrected chi connectivity index (χ2v) is 2.26. The SMILES string of the molecule is CNc1c[c]cc(C(F)(F)F)c1. The Morgan fingerprint density at radius 3 is 2.50 bits per heavy atom. The van der Waals surface area contributed by atoms with Crippen molar-refractivity contribution in [1.82, 2.24) is 0 Å². The lowest BCUT2D eigenvalue weighted by molar-refractivity contribution is -0.137. The van der Waals surface area contributed by atoms with E-state index in [9.17, 15) is 13.2 Å². The Hall–Kier alpha value is -1.19. The molecule has 0 aliphatic heterocycles. The van der Waals surface area contributed by atoms with E-state index in [2.05, 4.69) is 11.4 Å². The molecule has 0 aliphatic carbocycles. The highest BCUT2D eigenvalue weighted by molar-refractivity contribution is 5.45. The van der Waals surface area contributed by atoms with Gasteiger partial charge in [-0.25, -0.2) is 0 Å². The summed E-state index contributed by atoms with van der Waals surface area (Å²) < 4.78 is 36.2. The summed E-state index contributed by atoms with van der Waals surface area (Å²) in [6, 6.07) is 5.81. The largest absolute Gasteiger partial charge is 0.416 e. The number of anilines is 1. The van der Waals surface area contributed by atoms with Crippen LogP contribution in [0.3, 0.4) is 0 Å². The molecule has 0 atom stereocenters. The van der Waals surface area contributed by atoms with E-state index in [4.69, 9.17) is 0 Å². The quantitative estimate of drug-likeness (QED) is 0.689. The first kappa shape index (κ1) is 8.90. The summed E-state index contributed by atoms with van der Waals surface area (Å²) in [6.45, 7) is 0. The third kappa shape index (κ3) is 1.90. The Morgan fingerprint density at radius 1 is 1.33 bits per heavy atom. The van der Waals surface area contributed by atoms with E-state index in [0.717, 1.165) is 12.1 Å². The molecule has 4 heteroatoms. The third-order valence-corrected chi connectivity index (χ3v) is 1.40. The molecular formula is C8H7F3N. The standard InChI is InChI=1S/C8H7F3N/c1-12-7-4-2-3-6(5-7)8(9,10)11/h3-5,12H,1H3. The van der Waals surface area contributed by atoms with Gasteiger partial charge in [-0.2, -0.15) is 13.2 Å². The molecule has 65 valence electrons. The van der Waals surface area contributed by atoms with Crippen LogP contribution in [0.2, 0.25) is 0 Å². The van der Waals surface area contributed by atoms with Crippen molar-refractivity contribution in [3.63, 3.8) is 0 Å². The van der Waals surface area contributed by atoms with Gasteiger partial charge in [-0.1, -0.05) is 0 Å². The molecule has 0 saturated carbocycles. The highest BCUT2D eigenvalue weighted by atomic mass is 19.4. The number of hydrogen-bond donors (Lipinski definition) is 1. The van der Waals surface area contributed by atoms with E-state index in [-0.39, 0.29) is 0 Å². The van der Waals surface area contributed by atoms with Gasteiger partial charge in [0.15, 0.2) is 0 Å². The molecule has 0 aliphatic rings. The third-order valence-electron chi connectivity index (χ3n) is 1.40. The van der Waals surface area contributed by atoms with Gasteiger partial charge in [-0.15, -0.1) is 0 Å². The average molecular weight is 174 g/mol. The molecule has 0 saturated heterocycles. The Morgan fingerprint density at radius 2 is 2.00 bits per heavy atom. The Balaban J connectivity index is 3.02. The van der Waals surface area contributed by atoms with Crippen molar-refractivity contribution in [2.24, 2.45) is 0 Å². The van der Waals surface area contributed by atoms with E-state index < -0.39 is 11.7 Å². The van der Waals surface area contributed by atoms with E-state index in [1.165, 1.54) is 6.07 Å². The second kappa shape index (κ2) is 3.05. The molecule has 0 fully saturated rings. The predicted octanol–water partition coefficient (Wildman–Crippen LogP) is 2.55. The smallest absolute Gasteiger partial charge is 0.388 e. The van der Waals surface area contributed by atoms with Gasteiger partial charge in [0, 0.05) is 12.7 Å². The highest BCUT2D eigenvalue weighted by Crippen LogP contribution is 2.30. The van der Waals surface area contributed by atoms with Crippen LogP contribution in [-0.2, 0) is 6.18 Å². The topological polar surface area (TPSA) is 12.0 Å². The Bertz CT molecular complexity index is 267. The minimum atomic E-state index is -4.29. The van der Waals surface area contributed by atoms with Crippen molar-refractivity contribution in [3.8, 4) is 0 Å². The molecule has 1 radical (unpaired) electrons. The molecule has 1 nitrogen and oxygen atoms in total. The number of hydrogen-bond acceptors (Lipinski definition) is 1. The lowest BCUT2D eigenvalue weighted by Crippen LogP contribution is -2.05. The van der Waals surface area contributed by atoms with Crippen LogP contribution in [0, 0.1) is 6.07 Å². The average Bonchev–Trinajstić information content (AvgIpc) is 2.03. The number of alkyl halides is 3. The van der Waals surface area contributed by atoms with E-state index in [1.54, 1.807) is 7.05 Å². The number of nitrogens with one attached hydrogen (secondary N) is 1. The van der Waals surface area contributed by atoms with Crippen molar-refractivity contribution in [1.29, 1.82) is 0 Å². The van der Waals surface area contributed by atoms with Gasteiger partial charge < -0.3 is 5.32 Å². The summed E-state index contributed by atoms with van der Waals surface area (Å²) in [7, 11) is 1.56. The van der Waals surface area contributed by atoms with Gasteiger partial charge in [-0.05, 0) is 24.3 Å². The molecule has 1 aromatic carbocycles. The van der Waals surface area contributed by atoms with Crippen LogP contribution in [-0.4, -0.2) is 7.05 Å². The molecule has 0 heterocycles. The maximum Gasteiger partial charge on any atom is 0.416 e. The molecule has 0 bridgehead atoms. The Kier molecular flexibility index (Phi) is 2.26. The predicted molar refractivity (Wildman–Crippen MR) is 39.8 cm³/mol. The van der Waals surface area contributed by atoms with Crippen LogP contribution in [0.4, 0.5) is 18.9 Å². The summed E-state index contributed by atoms with van der Waals surface area (Å²) in [6.07, 6.45) is -4.29. The first-order valence-corrected chi connectivity index (χ1v) is 3.30. The van der Waals surface area contributed by atoms with Crippen molar-refractivity contribution < 1.29 is 13.2 Å². The van der Waals surface area contributed by atoms with E-state index in [1.807, 2.05) is 0 Å². The lowest BCUT2D eigenvalue weighted by atomic mass is 10.2. The van der Waals surface area contributed by atoms with Crippen LogP contribution < -0.4 is 5.32 Å². The molecular weight excluding hydrogens is 167 g/mol. The number of rotatable bonds is 1. The summed E-state index contributed by atoms with van der Waals surface area (Å²) in [5.41, 5.74) is -0.279. The van der Waals surface area contributed by atoms with Crippen LogP contribution in [0.15, 0.2) is 18.2 Å².